The van der Waals surface area contributed by atoms with Gasteiger partial charge in [0.15, 0.2) is 0 Å². The van der Waals surface area contributed by atoms with Gasteiger partial charge in [-0.15, -0.1) is 0 Å². The molecule has 0 heterocycles. The Balaban J connectivity index is 2.69. The highest BCUT2D eigenvalue weighted by atomic mass is 32.2. The summed E-state index contributed by atoms with van der Waals surface area (Å²) < 4.78 is 24.7. The third-order valence-electron chi connectivity index (χ3n) is 2.69. The molecular formula is C12H8N2O6S. The summed E-state index contributed by atoms with van der Waals surface area (Å²) in [6, 6.07) is 9.57. The first-order chi connectivity index (χ1) is 9.84. The number of hydrogen-bond acceptors (Lipinski definition) is 6. The summed E-state index contributed by atoms with van der Waals surface area (Å²) >= 11 is 0. The van der Waals surface area contributed by atoms with Crippen LogP contribution in [0.2, 0.25) is 0 Å². The van der Waals surface area contributed by atoms with E-state index >= 15 is 0 Å². The molecule has 0 atom stereocenters. The molecule has 0 aromatic heterocycles. The van der Waals surface area contributed by atoms with E-state index < -0.39 is 36.0 Å². The van der Waals surface area contributed by atoms with Gasteiger partial charge in [0.05, 0.1) is 20.8 Å². The van der Waals surface area contributed by atoms with Crippen molar-refractivity contribution in [2.45, 2.75) is 9.79 Å². The van der Waals surface area contributed by atoms with Crippen LogP contribution in [-0.2, 0) is 9.84 Å². The van der Waals surface area contributed by atoms with Crippen molar-refractivity contribution in [3.05, 3.63) is 68.8 Å². The normalized spacial score (nSPS) is 11.0. The number of nitrogens with zero attached hydrogens (tertiary/aromatic N) is 2. The molecule has 21 heavy (non-hydrogen) atoms. The first-order valence-corrected chi connectivity index (χ1v) is 7.05. The molecule has 2 aromatic carbocycles. The highest BCUT2D eigenvalue weighted by molar-refractivity contribution is 7.91. The van der Waals surface area contributed by atoms with E-state index in [2.05, 4.69) is 0 Å². The standard InChI is InChI=1S/C12H8N2O6S/c15-13(16)9-6-7-12(11(8-9)14(17)18)21(19,20)10-4-2-1-3-5-10/h1-8H. The van der Waals surface area contributed by atoms with Crippen molar-refractivity contribution in [2.75, 3.05) is 0 Å². The van der Waals surface area contributed by atoms with E-state index in [1.807, 2.05) is 0 Å². The summed E-state index contributed by atoms with van der Waals surface area (Å²) in [5.74, 6) is 0. The van der Waals surface area contributed by atoms with Gasteiger partial charge in [-0.3, -0.25) is 20.2 Å². The van der Waals surface area contributed by atoms with E-state index in [-0.39, 0.29) is 4.90 Å². The highest BCUT2D eigenvalue weighted by Crippen LogP contribution is 2.32. The molecule has 2 aromatic rings. The molecule has 0 unspecified atom stereocenters. The van der Waals surface area contributed by atoms with Gasteiger partial charge in [0.25, 0.3) is 11.4 Å². The molecule has 0 amide bonds. The minimum Gasteiger partial charge on any atom is -0.258 e. The van der Waals surface area contributed by atoms with Crippen LogP contribution in [0.25, 0.3) is 0 Å². The lowest BCUT2D eigenvalue weighted by Crippen LogP contribution is -2.06. The van der Waals surface area contributed by atoms with Gasteiger partial charge in [-0.25, -0.2) is 8.42 Å². The minimum absolute atomic E-state index is 0.123. The van der Waals surface area contributed by atoms with Crippen LogP contribution in [0.5, 0.6) is 0 Å². The van der Waals surface area contributed by atoms with Gasteiger partial charge in [-0.2, -0.15) is 0 Å². The second-order valence-corrected chi connectivity index (χ2v) is 5.90. The quantitative estimate of drug-likeness (QED) is 0.631. The Labute approximate surface area is 118 Å². The number of non-ortho nitro benzene ring substituents is 1. The van der Waals surface area contributed by atoms with Gasteiger partial charge in [0.2, 0.25) is 9.84 Å². The van der Waals surface area contributed by atoms with Crippen molar-refractivity contribution in [1.82, 2.24) is 0 Å². The smallest absolute Gasteiger partial charge is 0.258 e. The van der Waals surface area contributed by atoms with Crippen LogP contribution < -0.4 is 0 Å². The molecule has 0 N–H and O–H groups in total. The van der Waals surface area contributed by atoms with Crippen LogP contribution in [0, 0.1) is 20.2 Å². The summed E-state index contributed by atoms with van der Waals surface area (Å²) in [6.07, 6.45) is 0. The fraction of sp³-hybridized carbons (Fsp3) is 0. The first kappa shape index (κ1) is 14.6. The monoisotopic (exact) mass is 308 g/mol. The van der Waals surface area contributed by atoms with Crippen LogP contribution >= 0.6 is 0 Å². The zero-order valence-corrected chi connectivity index (χ0v) is 11.2. The van der Waals surface area contributed by atoms with Gasteiger partial charge in [0.1, 0.15) is 4.90 Å². The number of sulfone groups is 1. The van der Waals surface area contributed by atoms with E-state index in [4.69, 9.17) is 0 Å². The molecule has 0 saturated carbocycles. The van der Waals surface area contributed by atoms with Crippen molar-refractivity contribution >= 4 is 21.2 Å². The summed E-state index contributed by atoms with van der Waals surface area (Å²) in [5, 5.41) is 21.6. The van der Waals surface area contributed by atoms with Crippen LogP contribution in [0.1, 0.15) is 0 Å². The molecule has 9 heteroatoms. The van der Waals surface area contributed by atoms with Crippen LogP contribution in [-0.4, -0.2) is 18.3 Å². The van der Waals surface area contributed by atoms with E-state index in [0.717, 1.165) is 12.1 Å². The molecule has 0 radical (unpaired) electrons. The van der Waals surface area contributed by atoms with E-state index in [1.165, 1.54) is 24.3 Å². The Morgan fingerprint density at radius 2 is 1.48 bits per heavy atom. The van der Waals surface area contributed by atoms with E-state index in [0.29, 0.717) is 6.07 Å². The number of benzene rings is 2. The first-order valence-electron chi connectivity index (χ1n) is 5.57. The Hall–Kier alpha value is -2.81. The minimum atomic E-state index is -4.12. The summed E-state index contributed by atoms with van der Waals surface area (Å²) in [7, 11) is -4.12. The maximum Gasteiger partial charge on any atom is 0.295 e. The molecule has 0 saturated heterocycles. The van der Waals surface area contributed by atoms with Crippen molar-refractivity contribution < 1.29 is 18.3 Å². The van der Waals surface area contributed by atoms with Gasteiger partial charge >= 0.3 is 0 Å². The average molecular weight is 308 g/mol. The van der Waals surface area contributed by atoms with E-state index in [9.17, 15) is 28.6 Å². The molecular weight excluding hydrogens is 300 g/mol. The van der Waals surface area contributed by atoms with Gasteiger partial charge in [-0.05, 0) is 18.2 Å². The van der Waals surface area contributed by atoms with Gasteiger partial charge in [-0.1, -0.05) is 18.2 Å². The maximum absolute atomic E-state index is 12.4. The lowest BCUT2D eigenvalue weighted by molar-refractivity contribution is -0.396. The fourth-order valence-corrected chi connectivity index (χ4v) is 3.14. The second-order valence-electron chi connectivity index (χ2n) is 3.98. The van der Waals surface area contributed by atoms with Gasteiger partial charge < -0.3 is 0 Å². The van der Waals surface area contributed by atoms with Crippen LogP contribution in [0.3, 0.4) is 0 Å². The molecule has 0 bridgehead atoms. The van der Waals surface area contributed by atoms with Crippen LogP contribution in [0.4, 0.5) is 11.4 Å². The highest BCUT2D eigenvalue weighted by Gasteiger charge is 2.29. The molecule has 108 valence electrons. The van der Waals surface area contributed by atoms with Crippen molar-refractivity contribution in [1.29, 1.82) is 0 Å². The van der Waals surface area contributed by atoms with Crippen LogP contribution in [0.15, 0.2) is 58.3 Å². The molecule has 0 aliphatic carbocycles. The molecule has 8 nitrogen and oxygen atoms in total. The topological polar surface area (TPSA) is 120 Å². The number of hydrogen-bond donors (Lipinski definition) is 0. The molecule has 0 fully saturated rings. The largest absolute Gasteiger partial charge is 0.295 e. The van der Waals surface area contributed by atoms with Gasteiger partial charge in [0, 0.05) is 6.07 Å². The average Bonchev–Trinajstić information content (AvgIpc) is 2.47. The zero-order chi connectivity index (χ0) is 15.6. The molecule has 0 aliphatic heterocycles. The summed E-state index contributed by atoms with van der Waals surface area (Å²) in [5.41, 5.74) is -1.37. The molecule has 0 aliphatic rings. The van der Waals surface area contributed by atoms with Crippen molar-refractivity contribution in [3.8, 4) is 0 Å². The number of rotatable bonds is 4. The predicted molar refractivity (Wildman–Crippen MR) is 71.6 cm³/mol. The SMILES string of the molecule is O=[N+]([O-])c1ccc(S(=O)(=O)c2ccccc2)c([N+](=O)[O-])c1. The maximum atomic E-state index is 12.4. The van der Waals surface area contributed by atoms with Crippen molar-refractivity contribution in [2.24, 2.45) is 0 Å². The number of nitro groups is 2. The Kier molecular flexibility index (Phi) is 3.68. The predicted octanol–water partition coefficient (Wildman–Crippen LogP) is 2.34. The lowest BCUT2D eigenvalue weighted by atomic mass is 10.3. The molecule has 2 rings (SSSR count). The zero-order valence-electron chi connectivity index (χ0n) is 10.4. The lowest BCUT2D eigenvalue weighted by Gasteiger charge is -2.05. The summed E-state index contributed by atoms with van der Waals surface area (Å²) in [4.78, 5) is 19.1. The number of nitro benzene ring substituents is 2. The third-order valence-corrected chi connectivity index (χ3v) is 4.51. The third kappa shape index (κ3) is 2.72. The molecule has 0 spiro atoms. The van der Waals surface area contributed by atoms with E-state index in [1.54, 1.807) is 6.07 Å². The Morgan fingerprint density at radius 3 is 2.00 bits per heavy atom. The Morgan fingerprint density at radius 1 is 0.857 bits per heavy atom. The van der Waals surface area contributed by atoms with Crippen molar-refractivity contribution in [3.63, 3.8) is 0 Å². The Bertz CT molecular complexity index is 817. The second kappa shape index (κ2) is 5.29. The summed E-state index contributed by atoms with van der Waals surface area (Å²) in [6.45, 7) is 0. The fourth-order valence-electron chi connectivity index (χ4n) is 1.72.